The van der Waals surface area contributed by atoms with Gasteiger partial charge in [0.1, 0.15) is 0 Å². The third kappa shape index (κ3) is 2.19. The second kappa shape index (κ2) is 5.66. The highest BCUT2D eigenvalue weighted by Crippen LogP contribution is 2.56. The molecular weight excluding hydrogens is 326 g/mol. The number of hydrogen-bond donors (Lipinski definition) is 1. The highest BCUT2D eigenvalue weighted by atomic mass is 16.2. The van der Waals surface area contributed by atoms with E-state index in [0.717, 1.165) is 36.2 Å². The number of fused-ring (bicyclic) bond motifs is 2. The van der Waals surface area contributed by atoms with Gasteiger partial charge < -0.3 is 10.2 Å². The molecule has 2 aliphatic heterocycles. The van der Waals surface area contributed by atoms with Gasteiger partial charge in [-0.2, -0.15) is 0 Å². The molecule has 0 spiro atoms. The number of hydrogen-bond acceptors (Lipinski definition) is 3. The molecule has 5 nitrogen and oxygen atoms in total. The van der Waals surface area contributed by atoms with E-state index in [4.69, 9.17) is 0 Å². The lowest BCUT2D eigenvalue weighted by Crippen LogP contribution is -2.54. The van der Waals surface area contributed by atoms with Crippen LogP contribution < -0.4 is 5.32 Å². The van der Waals surface area contributed by atoms with Crippen molar-refractivity contribution < 1.29 is 9.59 Å². The van der Waals surface area contributed by atoms with Crippen LogP contribution in [0.25, 0.3) is 0 Å². The van der Waals surface area contributed by atoms with Gasteiger partial charge in [0, 0.05) is 24.6 Å². The zero-order chi connectivity index (χ0) is 17.7. The van der Waals surface area contributed by atoms with Crippen molar-refractivity contribution in [1.82, 2.24) is 9.88 Å². The van der Waals surface area contributed by atoms with Crippen molar-refractivity contribution in [3.63, 3.8) is 0 Å². The molecule has 3 aliphatic rings. The van der Waals surface area contributed by atoms with Crippen LogP contribution in [0.15, 0.2) is 42.7 Å². The first-order valence-corrected chi connectivity index (χ1v) is 9.29. The highest BCUT2D eigenvalue weighted by Gasteiger charge is 2.57. The predicted molar refractivity (Wildman–Crippen MR) is 97.4 cm³/mol. The molecule has 2 aromatic rings. The Morgan fingerprint density at radius 1 is 1.31 bits per heavy atom. The van der Waals surface area contributed by atoms with E-state index in [9.17, 15) is 9.59 Å². The van der Waals surface area contributed by atoms with Crippen LogP contribution in [0.5, 0.6) is 0 Å². The lowest BCUT2D eigenvalue weighted by atomic mass is 9.64. The molecule has 1 saturated heterocycles. The number of carbonyl (C=O) groups is 2. The maximum absolute atomic E-state index is 13.2. The van der Waals surface area contributed by atoms with Gasteiger partial charge in [0.2, 0.25) is 11.8 Å². The molecule has 1 aromatic heterocycles. The summed E-state index contributed by atoms with van der Waals surface area (Å²) in [5.41, 5.74) is 3.84. The average molecular weight is 347 g/mol. The minimum atomic E-state index is -0.156. The second-order valence-corrected chi connectivity index (χ2v) is 7.63. The maximum Gasteiger partial charge on any atom is 0.228 e. The Hall–Kier alpha value is -2.69. The number of benzene rings is 1. The van der Waals surface area contributed by atoms with Crippen molar-refractivity contribution in [2.75, 3.05) is 11.9 Å². The number of nitrogens with zero attached hydrogens (tertiary/aromatic N) is 2. The average Bonchev–Trinajstić information content (AvgIpc) is 3.11. The van der Waals surface area contributed by atoms with E-state index in [1.54, 1.807) is 6.20 Å². The van der Waals surface area contributed by atoms with Gasteiger partial charge in [-0.05, 0) is 54.0 Å². The fraction of sp³-hybridized carbons (Fsp3) is 0.381. The molecule has 3 heterocycles. The van der Waals surface area contributed by atoms with Crippen LogP contribution in [0.3, 0.4) is 0 Å². The fourth-order valence-electron chi connectivity index (χ4n) is 4.99. The predicted octanol–water partition coefficient (Wildman–Crippen LogP) is 2.66. The maximum atomic E-state index is 13.2. The van der Waals surface area contributed by atoms with Gasteiger partial charge in [0.05, 0.1) is 18.4 Å². The van der Waals surface area contributed by atoms with Crippen LogP contribution in [0.1, 0.15) is 36.0 Å². The Morgan fingerprint density at radius 2 is 2.23 bits per heavy atom. The van der Waals surface area contributed by atoms with E-state index in [2.05, 4.69) is 21.3 Å². The first-order chi connectivity index (χ1) is 12.7. The van der Waals surface area contributed by atoms with Crippen LogP contribution in [0.2, 0.25) is 0 Å². The molecule has 2 fully saturated rings. The van der Waals surface area contributed by atoms with Crippen LogP contribution in [0, 0.1) is 5.92 Å². The lowest BCUT2D eigenvalue weighted by molar-refractivity contribution is -0.139. The summed E-state index contributed by atoms with van der Waals surface area (Å²) in [7, 11) is 0. The molecule has 2 atom stereocenters. The second-order valence-electron chi connectivity index (χ2n) is 7.63. The van der Waals surface area contributed by atoms with Gasteiger partial charge in [-0.25, -0.2) is 0 Å². The highest BCUT2D eigenvalue weighted by molar-refractivity contribution is 5.99. The number of aromatic nitrogens is 1. The van der Waals surface area contributed by atoms with Crippen molar-refractivity contribution in [3.05, 3.63) is 59.4 Å². The summed E-state index contributed by atoms with van der Waals surface area (Å²) in [5.74, 6) is 0.742. The molecule has 1 N–H and O–H groups in total. The van der Waals surface area contributed by atoms with E-state index in [-0.39, 0.29) is 17.4 Å². The largest absolute Gasteiger partial charge is 0.332 e. The molecule has 0 unspecified atom stereocenters. The Labute approximate surface area is 152 Å². The number of anilines is 1. The molecule has 1 saturated carbocycles. The molecule has 26 heavy (non-hydrogen) atoms. The van der Waals surface area contributed by atoms with E-state index in [1.165, 1.54) is 12.0 Å². The molecule has 5 rings (SSSR count). The summed E-state index contributed by atoms with van der Waals surface area (Å²) in [4.78, 5) is 31.1. The number of rotatable bonds is 3. The molecule has 1 aromatic carbocycles. The number of amides is 2. The summed E-state index contributed by atoms with van der Waals surface area (Å²) in [6, 6.07) is 9.95. The minimum absolute atomic E-state index is 0.0239. The van der Waals surface area contributed by atoms with Gasteiger partial charge in [0.25, 0.3) is 0 Å². The zero-order valence-electron chi connectivity index (χ0n) is 14.6. The first kappa shape index (κ1) is 15.6. The Balaban J connectivity index is 1.40. The molecule has 132 valence electrons. The fourth-order valence-corrected chi connectivity index (χ4v) is 4.99. The Morgan fingerprint density at radius 3 is 3.00 bits per heavy atom. The van der Waals surface area contributed by atoms with Crippen LogP contribution >= 0.6 is 0 Å². The van der Waals surface area contributed by atoms with E-state index >= 15 is 0 Å². The molecular formula is C21H21N3O2. The molecule has 2 amide bonds. The van der Waals surface area contributed by atoms with Crippen molar-refractivity contribution in [3.8, 4) is 0 Å². The van der Waals surface area contributed by atoms with E-state index in [1.807, 2.05) is 30.5 Å². The summed E-state index contributed by atoms with van der Waals surface area (Å²) >= 11 is 0. The van der Waals surface area contributed by atoms with Gasteiger partial charge in [-0.3, -0.25) is 14.6 Å². The van der Waals surface area contributed by atoms with Crippen LogP contribution in [0.4, 0.5) is 5.69 Å². The summed E-state index contributed by atoms with van der Waals surface area (Å²) < 4.78 is 0. The number of likely N-dealkylation sites (tertiary alicyclic amines) is 1. The number of carbonyl (C=O) groups excluding carboxylic acids is 2. The topological polar surface area (TPSA) is 62.3 Å². The SMILES string of the molecule is O=C1Cc2ccc(CC(=O)N3CC[C@@H]4CC[C@@]43c3cccnc3)cc2N1. The molecule has 5 heteroatoms. The monoisotopic (exact) mass is 347 g/mol. The van der Waals surface area contributed by atoms with Gasteiger partial charge in [-0.1, -0.05) is 18.2 Å². The van der Waals surface area contributed by atoms with Crippen molar-refractivity contribution >= 4 is 17.5 Å². The summed E-state index contributed by atoms with van der Waals surface area (Å²) in [6.45, 7) is 0.820. The third-order valence-corrected chi connectivity index (χ3v) is 6.35. The van der Waals surface area contributed by atoms with Crippen molar-refractivity contribution in [1.29, 1.82) is 0 Å². The van der Waals surface area contributed by atoms with E-state index in [0.29, 0.717) is 18.8 Å². The number of nitrogens with one attached hydrogen (secondary N) is 1. The first-order valence-electron chi connectivity index (χ1n) is 9.29. The van der Waals surface area contributed by atoms with Gasteiger partial charge in [0.15, 0.2) is 0 Å². The smallest absolute Gasteiger partial charge is 0.228 e. The minimum Gasteiger partial charge on any atom is -0.332 e. The zero-order valence-corrected chi connectivity index (χ0v) is 14.6. The van der Waals surface area contributed by atoms with Crippen LogP contribution in [-0.4, -0.2) is 28.2 Å². The van der Waals surface area contributed by atoms with Crippen molar-refractivity contribution in [2.24, 2.45) is 5.92 Å². The van der Waals surface area contributed by atoms with E-state index < -0.39 is 0 Å². The van der Waals surface area contributed by atoms with Crippen molar-refractivity contribution in [2.45, 2.75) is 37.6 Å². The quantitative estimate of drug-likeness (QED) is 0.928. The van der Waals surface area contributed by atoms with Crippen LogP contribution in [-0.2, 0) is 28.0 Å². The third-order valence-electron chi connectivity index (χ3n) is 6.35. The molecule has 0 bridgehead atoms. The molecule has 0 radical (unpaired) electrons. The van der Waals surface area contributed by atoms with Gasteiger partial charge >= 0.3 is 0 Å². The number of pyridine rings is 1. The summed E-state index contributed by atoms with van der Waals surface area (Å²) in [5, 5.41) is 2.87. The summed E-state index contributed by atoms with van der Waals surface area (Å²) in [6.07, 6.45) is 7.79. The normalized spacial score (nSPS) is 26.1. The Bertz CT molecular complexity index is 895. The standard InChI is InChI=1S/C21H21N3O2/c25-19-12-15-4-3-14(10-18(15)23-19)11-20(26)24-9-6-16-5-7-21(16,24)17-2-1-8-22-13-17/h1-4,8,10,13,16H,5-7,9,11-12H2,(H,23,25)/t16-,21-/m0/s1. The molecule has 1 aliphatic carbocycles. The lowest BCUT2D eigenvalue weighted by Gasteiger charge is -2.50. The Kier molecular flexibility index (Phi) is 3.39. The van der Waals surface area contributed by atoms with Gasteiger partial charge in [-0.15, -0.1) is 0 Å².